The molecule has 2 aromatic rings. The normalized spacial score (nSPS) is 14.5. The topological polar surface area (TPSA) is 211 Å². The largest absolute Gasteiger partial charge is 0.480 e. The first-order valence-electron chi connectivity index (χ1n) is 17.2. The number of carbonyl (C=O) groups excluding carboxylic acids is 6. The maximum atomic E-state index is 13.8. The van der Waals surface area contributed by atoms with E-state index in [2.05, 4.69) is 15.6 Å². The average molecular weight is 728 g/mol. The van der Waals surface area contributed by atoms with Gasteiger partial charge in [-0.25, -0.2) is 14.6 Å². The number of fused-ring (bicyclic) bond motifs is 1. The lowest BCUT2D eigenvalue weighted by molar-refractivity contribution is -0.156. The lowest BCUT2D eigenvalue weighted by atomic mass is 10.0. The Morgan fingerprint density at radius 3 is 1.85 bits per heavy atom. The van der Waals surface area contributed by atoms with Crippen LogP contribution in [0.25, 0.3) is 10.9 Å². The van der Waals surface area contributed by atoms with Gasteiger partial charge in [0.25, 0.3) is 11.8 Å². The number of ether oxygens (including phenoxy) is 3. The first-order valence-corrected chi connectivity index (χ1v) is 17.2. The molecule has 0 saturated carbocycles. The van der Waals surface area contributed by atoms with Crippen molar-refractivity contribution in [2.45, 2.75) is 97.4 Å². The summed E-state index contributed by atoms with van der Waals surface area (Å²) in [4.78, 5) is 97.5. The molecule has 1 aromatic carbocycles. The second kappa shape index (κ2) is 17.8. The second-order valence-electron chi connectivity index (χ2n) is 14.2. The maximum absolute atomic E-state index is 13.8. The van der Waals surface area contributed by atoms with Gasteiger partial charge in [0.05, 0.1) is 17.7 Å². The predicted molar refractivity (Wildman–Crippen MR) is 187 cm³/mol. The quantitative estimate of drug-likeness (QED) is 0.201. The zero-order chi connectivity index (χ0) is 38.8. The number of carboxylic acid groups (broad SMARTS) is 1. The monoisotopic (exact) mass is 727 g/mol. The number of hydrogen-bond donors (Lipinski definition) is 3. The molecule has 2 unspecified atom stereocenters. The highest BCUT2D eigenvalue weighted by Gasteiger charge is 2.32. The number of aliphatic carboxylic acids is 1. The number of carboxylic acids is 1. The summed E-state index contributed by atoms with van der Waals surface area (Å²) in [5.41, 5.74) is -1.61. The van der Waals surface area contributed by atoms with Crippen LogP contribution >= 0.6 is 0 Å². The van der Waals surface area contributed by atoms with Crippen LogP contribution in [0.5, 0.6) is 0 Å². The van der Waals surface area contributed by atoms with E-state index in [4.69, 9.17) is 14.2 Å². The SMILES string of the molecule is CCOC(=O)N1CCN(C(=O)C(CCC(=O)OC(C)(C)C)NC(=O)c2cc(C(=O)NC(CCC(=O)OC(C)(C)C)C(=O)O)c3ccccc3n2)CC1. The molecular formula is C36H49N5O11. The van der Waals surface area contributed by atoms with Gasteiger partial charge in [-0.2, -0.15) is 0 Å². The first kappa shape index (κ1) is 41.1. The van der Waals surface area contributed by atoms with Crippen molar-refractivity contribution in [2.24, 2.45) is 0 Å². The van der Waals surface area contributed by atoms with Gasteiger partial charge in [-0.1, -0.05) is 18.2 Å². The first-order chi connectivity index (χ1) is 24.3. The number of pyridine rings is 1. The molecule has 4 amide bonds. The van der Waals surface area contributed by atoms with Crippen molar-refractivity contribution in [3.05, 3.63) is 41.6 Å². The smallest absolute Gasteiger partial charge is 0.409 e. The van der Waals surface area contributed by atoms with Crippen LogP contribution in [0.3, 0.4) is 0 Å². The van der Waals surface area contributed by atoms with Crippen LogP contribution in [0.4, 0.5) is 4.79 Å². The van der Waals surface area contributed by atoms with Crippen LogP contribution in [-0.4, -0.2) is 118 Å². The third-order valence-corrected chi connectivity index (χ3v) is 7.63. The zero-order valence-corrected chi connectivity index (χ0v) is 30.8. The van der Waals surface area contributed by atoms with E-state index in [1.54, 1.807) is 72.7 Å². The molecule has 0 spiro atoms. The third kappa shape index (κ3) is 12.5. The molecule has 1 saturated heterocycles. The molecule has 0 radical (unpaired) electrons. The number of nitrogens with one attached hydrogen (secondary N) is 2. The van der Waals surface area contributed by atoms with Crippen molar-refractivity contribution < 1.29 is 52.9 Å². The van der Waals surface area contributed by atoms with Gasteiger partial charge in [-0.3, -0.25) is 24.0 Å². The van der Waals surface area contributed by atoms with Crippen LogP contribution in [0, 0.1) is 0 Å². The van der Waals surface area contributed by atoms with Crippen molar-refractivity contribution in [1.29, 1.82) is 0 Å². The molecule has 1 aromatic heterocycles. The van der Waals surface area contributed by atoms with E-state index < -0.39 is 65.0 Å². The molecule has 52 heavy (non-hydrogen) atoms. The Morgan fingerprint density at radius 1 is 0.788 bits per heavy atom. The van der Waals surface area contributed by atoms with Gasteiger partial charge in [-0.05, 0) is 73.4 Å². The van der Waals surface area contributed by atoms with Crippen LogP contribution in [0.1, 0.15) is 95.0 Å². The molecule has 284 valence electrons. The second-order valence-corrected chi connectivity index (χ2v) is 14.2. The summed E-state index contributed by atoms with van der Waals surface area (Å²) >= 11 is 0. The van der Waals surface area contributed by atoms with Gasteiger partial charge in [0.1, 0.15) is 29.0 Å². The van der Waals surface area contributed by atoms with Crippen molar-refractivity contribution >= 4 is 52.6 Å². The van der Waals surface area contributed by atoms with Crippen LogP contribution in [0.2, 0.25) is 0 Å². The fraction of sp³-hybridized carbons (Fsp3) is 0.556. The minimum atomic E-state index is -1.46. The number of hydrogen-bond acceptors (Lipinski definition) is 11. The molecule has 2 atom stereocenters. The summed E-state index contributed by atoms with van der Waals surface area (Å²) in [6, 6.07) is 4.96. The van der Waals surface area contributed by atoms with Crippen molar-refractivity contribution in [3.63, 3.8) is 0 Å². The molecule has 1 aliphatic heterocycles. The van der Waals surface area contributed by atoms with Gasteiger partial charge < -0.3 is 39.8 Å². The Balaban J connectivity index is 1.86. The standard InChI is InChI=1S/C36H49N5O11/c1-8-50-34(49)41-19-17-40(18-20-41)32(46)25(13-15-28(42)51-35(2,3)4)38-31(45)27-21-23(22-11-9-10-12-24(22)37-27)30(44)39-26(33(47)48)14-16-29(43)52-36(5,6)7/h9-12,21,25-26H,8,13-20H2,1-7H3,(H,38,45)(H,39,44)(H,47,48). The van der Waals surface area contributed by atoms with Crippen LogP contribution in [-0.2, 0) is 33.4 Å². The van der Waals surface area contributed by atoms with Crippen LogP contribution < -0.4 is 10.6 Å². The number of para-hydroxylation sites is 1. The van der Waals surface area contributed by atoms with Crippen molar-refractivity contribution in [3.8, 4) is 0 Å². The summed E-state index contributed by atoms with van der Waals surface area (Å²) in [6.45, 7) is 12.8. The Kier molecular flexibility index (Phi) is 14.1. The Labute approximate surface area is 302 Å². The summed E-state index contributed by atoms with van der Waals surface area (Å²) in [7, 11) is 0. The summed E-state index contributed by atoms with van der Waals surface area (Å²) in [5, 5.41) is 15.2. The Morgan fingerprint density at radius 2 is 1.31 bits per heavy atom. The predicted octanol–water partition coefficient (Wildman–Crippen LogP) is 3.06. The van der Waals surface area contributed by atoms with Crippen molar-refractivity contribution in [1.82, 2.24) is 25.4 Å². The molecule has 3 N–H and O–H groups in total. The summed E-state index contributed by atoms with van der Waals surface area (Å²) in [5.74, 6) is -4.73. The van der Waals surface area contributed by atoms with E-state index in [9.17, 15) is 38.7 Å². The van der Waals surface area contributed by atoms with Gasteiger partial charge in [0.15, 0.2) is 0 Å². The Hall–Kier alpha value is -5.28. The number of esters is 2. The molecule has 3 rings (SSSR count). The number of benzene rings is 1. The number of piperazine rings is 1. The average Bonchev–Trinajstić information content (AvgIpc) is 3.05. The number of amides is 4. The molecule has 16 heteroatoms. The highest BCUT2D eigenvalue weighted by molar-refractivity contribution is 6.09. The van der Waals surface area contributed by atoms with E-state index in [0.29, 0.717) is 5.39 Å². The minimum Gasteiger partial charge on any atom is -0.480 e. The van der Waals surface area contributed by atoms with E-state index in [1.165, 1.54) is 15.9 Å². The van der Waals surface area contributed by atoms with E-state index >= 15 is 0 Å². The fourth-order valence-corrected chi connectivity index (χ4v) is 5.32. The Bertz CT molecular complexity index is 1660. The van der Waals surface area contributed by atoms with E-state index in [0.717, 1.165) is 0 Å². The number of aromatic nitrogens is 1. The fourth-order valence-electron chi connectivity index (χ4n) is 5.32. The number of rotatable bonds is 13. The highest BCUT2D eigenvalue weighted by Crippen LogP contribution is 2.20. The van der Waals surface area contributed by atoms with E-state index in [1.807, 2.05) is 0 Å². The number of nitrogens with zero attached hydrogens (tertiary/aromatic N) is 3. The van der Waals surface area contributed by atoms with Crippen molar-refractivity contribution in [2.75, 3.05) is 32.8 Å². The molecule has 1 aliphatic rings. The summed E-state index contributed by atoms with van der Waals surface area (Å²) in [6.07, 6.45) is -1.33. The molecule has 16 nitrogen and oxygen atoms in total. The molecule has 0 bridgehead atoms. The lowest BCUT2D eigenvalue weighted by Crippen LogP contribution is -2.56. The third-order valence-electron chi connectivity index (χ3n) is 7.63. The molecule has 2 heterocycles. The molecular weight excluding hydrogens is 678 g/mol. The lowest BCUT2D eigenvalue weighted by Gasteiger charge is -2.36. The van der Waals surface area contributed by atoms with E-state index in [-0.39, 0.29) is 75.2 Å². The molecule has 1 fully saturated rings. The summed E-state index contributed by atoms with van der Waals surface area (Å²) < 4.78 is 15.7. The van der Waals surface area contributed by atoms with Gasteiger partial charge in [0, 0.05) is 44.4 Å². The van der Waals surface area contributed by atoms with Crippen LogP contribution in [0.15, 0.2) is 30.3 Å². The molecule has 0 aliphatic carbocycles. The zero-order valence-electron chi connectivity index (χ0n) is 30.8. The van der Waals surface area contributed by atoms with Gasteiger partial charge in [0.2, 0.25) is 5.91 Å². The highest BCUT2D eigenvalue weighted by atomic mass is 16.6. The van der Waals surface area contributed by atoms with Gasteiger partial charge in [-0.15, -0.1) is 0 Å². The number of carbonyl (C=O) groups is 7. The maximum Gasteiger partial charge on any atom is 0.409 e. The minimum absolute atomic E-state index is 0.0639. The van der Waals surface area contributed by atoms with Gasteiger partial charge >= 0.3 is 24.0 Å².